The predicted octanol–water partition coefficient (Wildman–Crippen LogP) is 0.215. The minimum Gasteiger partial charge on any atom is -0.352 e. The van der Waals surface area contributed by atoms with Crippen molar-refractivity contribution in [2.24, 2.45) is 0 Å². The number of likely N-dealkylation sites (tertiary alicyclic amines) is 1. The van der Waals surface area contributed by atoms with Crippen LogP contribution in [0.1, 0.15) is 39.5 Å². The number of likely N-dealkylation sites (N-methyl/N-ethyl adjacent to an activating group) is 1. The van der Waals surface area contributed by atoms with Crippen LogP contribution in [0.5, 0.6) is 0 Å². The molecule has 0 aromatic rings. The molecule has 1 N–H and O–H groups in total. The van der Waals surface area contributed by atoms with Crippen LogP contribution in [-0.2, 0) is 9.59 Å². The number of rotatable bonds is 8. The molecular formula is C20H37N5O2. The topological polar surface area (TPSA) is 59.1 Å². The Bertz CT molecular complexity index is 491. The molecule has 0 aromatic heterocycles. The summed E-state index contributed by atoms with van der Waals surface area (Å²) in [5.41, 5.74) is 0. The largest absolute Gasteiger partial charge is 0.352 e. The summed E-state index contributed by atoms with van der Waals surface area (Å²) in [5.74, 6) is 0.372. The van der Waals surface area contributed by atoms with Gasteiger partial charge in [-0.05, 0) is 39.5 Å². The Kier molecular flexibility index (Phi) is 7.49. The van der Waals surface area contributed by atoms with Gasteiger partial charge in [-0.15, -0.1) is 0 Å². The Labute approximate surface area is 164 Å². The quantitative estimate of drug-likeness (QED) is 0.654. The van der Waals surface area contributed by atoms with Crippen molar-refractivity contribution in [1.82, 2.24) is 24.9 Å². The van der Waals surface area contributed by atoms with Crippen LogP contribution < -0.4 is 5.32 Å². The molecule has 7 heteroatoms. The molecule has 0 aromatic carbocycles. The van der Waals surface area contributed by atoms with Gasteiger partial charge in [0.15, 0.2) is 0 Å². The standard InChI is InChI=1S/C20H37N5O2/c1-3-24(4-2)20(27)16-23-13-11-22(12-14-23)15-19(26)21-17-7-9-25(10-8-17)18-5-6-18/h17-18H,3-16H2,1-2H3,(H,21,26). The highest BCUT2D eigenvalue weighted by molar-refractivity contribution is 5.79. The predicted molar refractivity (Wildman–Crippen MR) is 107 cm³/mol. The molecule has 0 bridgehead atoms. The fourth-order valence-corrected chi connectivity index (χ4v) is 4.30. The van der Waals surface area contributed by atoms with Crippen LogP contribution in [0.2, 0.25) is 0 Å². The van der Waals surface area contributed by atoms with Gasteiger partial charge in [0, 0.05) is 64.4 Å². The summed E-state index contributed by atoms with van der Waals surface area (Å²) in [6.07, 6.45) is 4.90. The molecular weight excluding hydrogens is 342 g/mol. The maximum atomic E-state index is 12.4. The van der Waals surface area contributed by atoms with E-state index in [0.717, 1.165) is 71.2 Å². The second-order valence-corrected chi connectivity index (χ2v) is 8.23. The molecule has 27 heavy (non-hydrogen) atoms. The van der Waals surface area contributed by atoms with E-state index in [2.05, 4.69) is 20.0 Å². The van der Waals surface area contributed by atoms with E-state index in [1.165, 1.54) is 12.8 Å². The molecule has 1 aliphatic carbocycles. The van der Waals surface area contributed by atoms with Crippen molar-refractivity contribution in [2.75, 3.05) is 65.4 Å². The SMILES string of the molecule is CCN(CC)C(=O)CN1CCN(CC(=O)NC2CCN(C3CC3)CC2)CC1. The highest BCUT2D eigenvalue weighted by Gasteiger charge is 2.32. The number of nitrogens with one attached hydrogen (secondary N) is 1. The van der Waals surface area contributed by atoms with Crippen molar-refractivity contribution >= 4 is 11.8 Å². The lowest BCUT2D eigenvalue weighted by Gasteiger charge is -2.36. The first-order valence-corrected chi connectivity index (χ1v) is 10.8. The fourth-order valence-electron chi connectivity index (χ4n) is 4.30. The smallest absolute Gasteiger partial charge is 0.236 e. The van der Waals surface area contributed by atoms with Gasteiger partial charge in [-0.1, -0.05) is 0 Å². The van der Waals surface area contributed by atoms with Crippen molar-refractivity contribution in [1.29, 1.82) is 0 Å². The van der Waals surface area contributed by atoms with Gasteiger partial charge >= 0.3 is 0 Å². The van der Waals surface area contributed by atoms with Crippen LogP contribution in [-0.4, -0.2) is 109 Å². The molecule has 2 amide bonds. The van der Waals surface area contributed by atoms with Crippen LogP contribution in [0, 0.1) is 0 Å². The summed E-state index contributed by atoms with van der Waals surface area (Å²) in [7, 11) is 0. The number of piperazine rings is 1. The molecule has 3 rings (SSSR count). The van der Waals surface area contributed by atoms with Gasteiger partial charge in [-0.25, -0.2) is 0 Å². The second kappa shape index (κ2) is 9.85. The second-order valence-electron chi connectivity index (χ2n) is 8.23. The van der Waals surface area contributed by atoms with Crippen LogP contribution >= 0.6 is 0 Å². The van der Waals surface area contributed by atoms with Crippen molar-refractivity contribution in [3.8, 4) is 0 Å². The third kappa shape index (κ3) is 6.16. The van der Waals surface area contributed by atoms with E-state index in [1.54, 1.807) is 0 Å². The zero-order valence-corrected chi connectivity index (χ0v) is 17.2. The lowest BCUT2D eigenvalue weighted by atomic mass is 10.0. The van der Waals surface area contributed by atoms with Crippen LogP contribution in [0.4, 0.5) is 0 Å². The number of carbonyl (C=O) groups is 2. The Morgan fingerprint density at radius 1 is 0.852 bits per heavy atom. The maximum absolute atomic E-state index is 12.4. The summed E-state index contributed by atoms with van der Waals surface area (Å²) >= 11 is 0. The highest BCUT2D eigenvalue weighted by atomic mass is 16.2. The summed E-state index contributed by atoms with van der Waals surface area (Å²) in [6, 6.07) is 1.19. The number of hydrogen-bond acceptors (Lipinski definition) is 5. The van der Waals surface area contributed by atoms with E-state index in [0.29, 0.717) is 19.1 Å². The highest BCUT2D eigenvalue weighted by Crippen LogP contribution is 2.29. The Hall–Kier alpha value is -1.18. The number of amides is 2. The molecule has 154 valence electrons. The summed E-state index contributed by atoms with van der Waals surface area (Å²) in [6.45, 7) is 12.3. The molecule has 0 atom stereocenters. The average molecular weight is 380 g/mol. The molecule has 0 radical (unpaired) electrons. The molecule has 3 aliphatic rings. The van der Waals surface area contributed by atoms with Gasteiger partial charge in [-0.2, -0.15) is 0 Å². The van der Waals surface area contributed by atoms with Crippen molar-refractivity contribution in [2.45, 2.75) is 51.6 Å². The Morgan fingerprint density at radius 3 is 1.93 bits per heavy atom. The molecule has 2 heterocycles. The Balaban J connectivity index is 1.30. The van der Waals surface area contributed by atoms with Crippen LogP contribution in [0.25, 0.3) is 0 Å². The van der Waals surface area contributed by atoms with Gasteiger partial charge < -0.3 is 15.1 Å². The van der Waals surface area contributed by atoms with Crippen LogP contribution in [0.15, 0.2) is 0 Å². The number of hydrogen-bond donors (Lipinski definition) is 1. The average Bonchev–Trinajstić information content (AvgIpc) is 3.50. The molecule has 0 spiro atoms. The normalized spacial score (nSPS) is 23.3. The number of nitrogens with zero attached hydrogens (tertiary/aromatic N) is 4. The summed E-state index contributed by atoms with van der Waals surface area (Å²) in [5, 5.41) is 3.24. The third-order valence-electron chi connectivity index (χ3n) is 6.27. The summed E-state index contributed by atoms with van der Waals surface area (Å²) < 4.78 is 0. The molecule has 0 unspecified atom stereocenters. The number of piperidine rings is 1. The maximum Gasteiger partial charge on any atom is 0.236 e. The zero-order valence-electron chi connectivity index (χ0n) is 17.2. The fraction of sp³-hybridized carbons (Fsp3) is 0.900. The molecule has 3 fully saturated rings. The number of carbonyl (C=O) groups excluding carboxylic acids is 2. The van der Waals surface area contributed by atoms with E-state index >= 15 is 0 Å². The summed E-state index contributed by atoms with van der Waals surface area (Å²) in [4.78, 5) is 33.5. The van der Waals surface area contributed by atoms with E-state index in [9.17, 15) is 9.59 Å². The van der Waals surface area contributed by atoms with Gasteiger partial charge in [0.2, 0.25) is 11.8 Å². The van der Waals surface area contributed by atoms with Gasteiger partial charge in [0.1, 0.15) is 0 Å². The first-order valence-electron chi connectivity index (χ1n) is 10.8. The zero-order chi connectivity index (χ0) is 19.2. The van der Waals surface area contributed by atoms with Gasteiger partial charge in [0.25, 0.3) is 0 Å². The molecule has 2 aliphatic heterocycles. The van der Waals surface area contributed by atoms with Crippen LogP contribution in [0.3, 0.4) is 0 Å². The first-order chi connectivity index (χ1) is 13.1. The minimum absolute atomic E-state index is 0.160. The third-order valence-corrected chi connectivity index (χ3v) is 6.27. The molecule has 2 saturated heterocycles. The monoisotopic (exact) mass is 379 g/mol. The van der Waals surface area contributed by atoms with Crippen molar-refractivity contribution < 1.29 is 9.59 Å². The van der Waals surface area contributed by atoms with E-state index in [1.807, 2.05) is 18.7 Å². The van der Waals surface area contributed by atoms with Crippen molar-refractivity contribution in [3.05, 3.63) is 0 Å². The first kappa shape index (κ1) is 20.6. The molecule has 7 nitrogen and oxygen atoms in total. The van der Waals surface area contributed by atoms with Gasteiger partial charge in [-0.3, -0.25) is 19.4 Å². The lowest BCUT2D eigenvalue weighted by molar-refractivity contribution is -0.133. The molecule has 1 saturated carbocycles. The Morgan fingerprint density at radius 2 is 1.41 bits per heavy atom. The minimum atomic E-state index is 0.160. The van der Waals surface area contributed by atoms with Crippen molar-refractivity contribution in [3.63, 3.8) is 0 Å². The van der Waals surface area contributed by atoms with E-state index < -0.39 is 0 Å². The lowest BCUT2D eigenvalue weighted by Crippen LogP contribution is -2.53. The van der Waals surface area contributed by atoms with E-state index in [4.69, 9.17) is 0 Å². The van der Waals surface area contributed by atoms with E-state index in [-0.39, 0.29) is 11.8 Å². The van der Waals surface area contributed by atoms with Gasteiger partial charge in [0.05, 0.1) is 13.1 Å².